The minimum atomic E-state index is -0.249. The molecule has 0 saturated heterocycles. The van der Waals surface area contributed by atoms with Crippen molar-refractivity contribution in [3.8, 4) is 5.75 Å². The minimum absolute atomic E-state index is 0.249. The van der Waals surface area contributed by atoms with Gasteiger partial charge in [0.05, 0.1) is 13.5 Å². The molecule has 0 saturated carbocycles. The van der Waals surface area contributed by atoms with Gasteiger partial charge in [0.15, 0.2) is 0 Å². The quantitative estimate of drug-likeness (QED) is 0.764. The first-order chi connectivity index (χ1) is 10.1. The third-order valence-corrected chi connectivity index (χ3v) is 3.71. The summed E-state index contributed by atoms with van der Waals surface area (Å²) in [6.45, 7) is 2.42. The molecule has 0 amide bonds. The Morgan fingerprint density at radius 2 is 1.86 bits per heavy atom. The topological polar surface area (TPSA) is 35.5 Å². The highest BCUT2D eigenvalue weighted by molar-refractivity contribution is 9.10. The highest BCUT2D eigenvalue weighted by Crippen LogP contribution is 2.24. The number of aryl methyl sites for hydroxylation is 1. The zero-order valence-corrected chi connectivity index (χ0v) is 13.6. The van der Waals surface area contributed by atoms with Crippen molar-refractivity contribution < 1.29 is 14.3 Å². The molecule has 0 bridgehead atoms. The van der Waals surface area contributed by atoms with Crippen LogP contribution in [0.25, 0.3) is 0 Å². The third kappa shape index (κ3) is 4.33. The van der Waals surface area contributed by atoms with E-state index in [1.807, 2.05) is 49.4 Å². The van der Waals surface area contributed by atoms with Crippen LogP contribution in [0.4, 0.5) is 0 Å². The number of hydrogen-bond acceptors (Lipinski definition) is 3. The predicted octanol–water partition coefficient (Wildman–Crippen LogP) is 4.05. The Bertz CT molecular complexity index is 638. The summed E-state index contributed by atoms with van der Waals surface area (Å²) >= 11 is 3.44. The molecule has 2 rings (SSSR count). The van der Waals surface area contributed by atoms with E-state index in [1.54, 1.807) is 0 Å². The van der Waals surface area contributed by atoms with Crippen LogP contribution in [0.2, 0.25) is 0 Å². The van der Waals surface area contributed by atoms with Crippen molar-refractivity contribution >= 4 is 21.9 Å². The van der Waals surface area contributed by atoms with Gasteiger partial charge in [0.2, 0.25) is 0 Å². The van der Waals surface area contributed by atoms with E-state index in [0.29, 0.717) is 6.61 Å². The number of hydrogen-bond donors (Lipinski definition) is 0. The molecule has 0 aliphatic carbocycles. The zero-order chi connectivity index (χ0) is 15.2. The van der Waals surface area contributed by atoms with Gasteiger partial charge in [-0.25, -0.2) is 0 Å². The van der Waals surface area contributed by atoms with Gasteiger partial charge in [0.25, 0.3) is 0 Å². The first-order valence-electron chi connectivity index (χ1n) is 6.62. The van der Waals surface area contributed by atoms with Crippen molar-refractivity contribution in [1.29, 1.82) is 0 Å². The Balaban J connectivity index is 2.13. The van der Waals surface area contributed by atoms with Crippen LogP contribution in [0.5, 0.6) is 5.75 Å². The summed E-state index contributed by atoms with van der Waals surface area (Å²) in [5.41, 5.74) is 2.99. The van der Waals surface area contributed by atoms with Gasteiger partial charge in [0, 0.05) is 4.47 Å². The van der Waals surface area contributed by atoms with Gasteiger partial charge in [-0.15, -0.1) is 0 Å². The standard InChI is InChI=1S/C17H17BrO3/c1-12-7-8-15(18)10-16(12)21-11-14-6-4-3-5-13(14)9-17(19)20-2/h3-8,10H,9,11H2,1-2H3. The first kappa shape index (κ1) is 15.6. The van der Waals surface area contributed by atoms with Crippen LogP contribution in [0, 0.1) is 6.92 Å². The van der Waals surface area contributed by atoms with Gasteiger partial charge in [-0.05, 0) is 35.7 Å². The number of rotatable bonds is 5. The molecule has 0 N–H and O–H groups in total. The van der Waals surface area contributed by atoms with Crippen molar-refractivity contribution in [2.24, 2.45) is 0 Å². The zero-order valence-electron chi connectivity index (χ0n) is 12.1. The molecule has 0 radical (unpaired) electrons. The predicted molar refractivity (Wildman–Crippen MR) is 85.4 cm³/mol. The smallest absolute Gasteiger partial charge is 0.309 e. The molecule has 0 aliphatic heterocycles. The maximum atomic E-state index is 11.4. The minimum Gasteiger partial charge on any atom is -0.489 e. The average Bonchev–Trinajstić information content (AvgIpc) is 2.49. The van der Waals surface area contributed by atoms with Gasteiger partial charge in [-0.1, -0.05) is 46.3 Å². The summed E-state index contributed by atoms with van der Waals surface area (Å²) in [6.07, 6.45) is 0.257. The lowest BCUT2D eigenvalue weighted by atomic mass is 10.1. The van der Waals surface area contributed by atoms with E-state index >= 15 is 0 Å². The lowest BCUT2D eigenvalue weighted by Crippen LogP contribution is -2.08. The first-order valence-corrected chi connectivity index (χ1v) is 7.42. The second-order valence-electron chi connectivity index (χ2n) is 4.72. The summed E-state index contributed by atoms with van der Waals surface area (Å²) in [5.74, 6) is 0.582. The molecule has 3 nitrogen and oxygen atoms in total. The second kappa shape index (κ2) is 7.27. The van der Waals surface area contributed by atoms with Crippen LogP contribution < -0.4 is 4.74 Å². The monoisotopic (exact) mass is 348 g/mol. The molecule has 2 aromatic rings. The molecule has 0 heterocycles. The molecule has 4 heteroatoms. The average molecular weight is 349 g/mol. The highest BCUT2D eigenvalue weighted by atomic mass is 79.9. The SMILES string of the molecule is COC(=O)Cc1ccccc1COc1cc(Br)ccc1C. The molecule has 110 valence electrons. The van der Waals surface area contributed by atoms with Gasteiger partial charge in [-0.2, -0.15) is 0 Å². The fraction of sp³-hybridized carbons (Fsp3) is 0.235. The van der Waals surface area contributed by atoms with E-state index in [9.17, 15) is 4.79 Å². The Morgan fingerprint density at radius 1 is 1.14 bits per heavy atom. The van der Waals surface area contributed by atoms with E-state index in [4.69, 9.17) is 9.47 Å². The number of carbonyl (C=O) groups is 1. The van der Waals surface area contributed by atoms with Gasteiger partial charge in [-0.3, -0.25) is 4.79 Å². The maximum absolute atomic E-state index is 11.4. The molecule has 0 aliphatic rings. The van der Waals surface area contributed by atoms with Crippen LogP contribution in [0.1, 0.15) is 16.7 Å². The Labute approximate surface area is 133 Å². The van der Waals surface area contributed by atoms with Gasteiger partial charge in [0.1, 0.15) is 12.4 Å². The third-order valence-electron chi connectivity index (χ3n) is 3.21. The van der Waals surface area contributed by atoms with E-state index in [2.05, 4.69) is 15.9 Å². The number of esters is 1. The summed E-state index contributed by atoms with van der Waals surface area (Å²) in [7, 11) is 1.40. The van der Waals surface area contributed by atoms with Gasteiger partial charge >= 0.3 is 5.97 Å². The summed E-state index contributed by atoms with van der Waals surface area (Å²) in [5, 5.41) is 0. The van der Waals surface area contributed by atoms with E-state index in [0.717, 1.165) is 26.9 Å². The van der Waals surface area contributed by atoms with Crippen molar-refractivity contribution in [3.63, 3.8) is 0 Å². The molecule has 0 atom stereocenters. The second-order valence-corrected chi connectivity index (χ2v) is 5.64. The largest absolute Gasteiger partial charge is 0.489 e. The van der Waals surface area contributed by atoms with Crippen LogP contribution in [0.3, 0.4) is 0 Å². The summed E-state index contributed by atoms with van der Waals surface area (Å²) in [6, 6.07) is 13.7. The Hall–Kier alpha value is -1.81. The highest BCUT2D eigenvalue weighted by Gasteiger charge is 2.09. The van der Waals surface area contributed by atoms with E-state index in [-0.39, 0.29) is 12.4 Å². The summed E-state index contributed by atoms with van der Waals surface area (Å²) < 4.78 is 11.6. The molecule has 0 unspecified atom stereocenters. The molecular formula is C17H17BrO3. The number of benzene rings is 2. The normalized spacial score (nSPS) is 10.2. The van der Waals surface area contributed by atoms with Crippen molar-refractivity contribution in [2.75, 3.05) is 7.11 Å². The lowest BCUT2D eigenvalue weighted by molar-refractivity contribution is -0.139. The van der Waals surface area contributed by atoms with Crippen LogP contribution in [-0.4, -0.2) is 13.1 Å². The van der Waals surface area contributed by atoms with Crippen LogP contribution in [-0.2, 0) is 22.6 Å². The molecule has 2 aromatic carbocycles. The fourth-order valence-electron chi connectivity index (χ4n) is 1.98. The van der Waals surface area contributed by atoms with Crippen molar-refractivity contribution in [2.45, 2.75) is 20.0 Å². The molecular weight excluding hydrogens is 332 g/mol. The summed E-state index contributed by atoms with van der Waals surface area (Å²) in [4.78, 5) is 11.4. The van der Waals surface area contributed by atoms with Crippen molar-refractivity contribution in [1.82, 2.24) is 0 Å². The van der Waals surface area contributed by atoms with Crippen LogP contribution >= 0.6 is 15.9 Å². The Kier molecular flexibility index (Phi) is 5.39. The number of methoxy groups -OCH3 is 1. The number of carbonyl (C=O) groups excluding carboxylic acids is 1. The molecule has 0 spiro atoms. The number of ether oxygens (including phenoxy) is 2. The number of halogens is 1. The lowest BCUT2D eigenvalue weighted by Gasteiger charge is -2.12. The maximum Gasteiger partial charge on any atom is 0.309 e. The molecule has 0 fully saturated rings. The van der Waals surface area contributed by atoms with Crippen molar-refractivity contribution in [3.05, 3.63) is 63.6 Å². The van der Waals surface area contributed by atoms with Crippen LogP contribution in [0.15, 0.2) is 46.9 Å². The fourth-order valence-corrected chi connectivity index (χ4v) is 2.32. The van der Waals surface area contributed by atoms with E-state index in [1.165, 1.54) is 7.11 Å². The molecule has 0 aromatic heterocycles. The molecule has 21 heavy (non-hydrogen) atoms. The van der Waals surface area contributed by atoms with Gasteiger partial charge < -0.3 is 9.47 Å². The Morgan fingerprint density at radius 3 is 2.57 bits per heavy atom. The van der Waals surface area contributed by atoms with E-state index < -0.39 is 0 Å².